The second kappa shape index (κ2) is 6.41. The molecule has 20 heavy (non-hydrogen) atoms. The van der Waals surface area contributed by atoms with Crippen molar-refractivity contribution < 1.29 is 19.4 Å². The number of hydrogen-bond donors (Lipinski definition) is 1. The average molecular weight is 277 g/mol. The molecular formula is C15H19NO4. The molecule has 1 aliphatic rings. The van der Waals surface area contributed by atoms with Gasteiger partial charge in [-0.3, -0.25) is 4.79 Å². The number of carboxylic acids is 1. The number of likely N-dealkylation sites (tertiary alicyclic amines) is 1. The van der Waals surface area contributed by atoms with E-state index in [0.29, 0.717) is 19.4 Å². The molecule has 0 spiro atoms. The van der Waals surface area contributed by atoms with Gasteiger partial charge in [0.25, 0.3) is 0 Å². The molecule has 108 valence electrons. The van der Waals surface area contributed by atoms with E-state index in [1.807, 2.05) is 37.3 Å². The van der Waals surface area contributed by atoms with Crippen molar-refractivity contribution in [1.29, 1.82) is 0 Å². The van der Waals surface area contributed by atoms with Crippen LogP contribution in [0.2, 0.25) is 0 Å². The summed E-state index contributed by atoms with van der Waals surface area (Å²) in [6.07, 6.45) is 0.598. The minimum absolute atomic E-state index is 0.104. The van der Waals surface area contributed by atoms with Gasteiger partial charge in [-0.2, -0.15) is 0 Å². The molecule has 2 atom stereocenters. The van der Waals surface area contributed by atoms with Crippen molar-refractivity contribution in [2.45, 2.75) is 32.4 Å². The monoisotopic (exact) mass is 277 g/mol. The molecule has 1 aliphatic heterocycles. The standard InChI is InChI=1S/C15H19NO4/c1-11-9-13(14(17)18)7-8-16(11)15(19)20-10-12-5-3-2-4-6-12/h2-6,11,13H,7-10H2,1H3,(H,17,18)/t11-,13?/m1/s1. The van der Waals surface area contributed by atoms with Gasteiger partial charge >= 0.3 is 12.1 Å². The quantitative estimate of drug-likeness (QED) is 0.921. The minimum atomic E-state index is -0.783. The van der Waals surface area contributed by atoms with Gasteiger partial charge in [-0.1, -0.05) is 30.3 Å². The summed E-state index contributed by atoms with van der Waals surface area (Å²) in [4.78, 5) is 24.6. The summed E-state index contributed by atoms with van der Waals surface area (Å²) in [5.74, 6) is -1.14. The zero-order valence-corrected chi connectivity index (χ0v) is 11.5. The Bertz CT molecular complexity index is 474. The van der Waals surface area contributed by atoms with E-state index in [9.17, 15) is 9.59 Å². The summed E-state index contributed by atoms with van der Waals surface area (Å²) in [6.45, 7) is 2.54. The van der Waals surface area contributed by atoms with Gasteiger partial charge in [0, 0.05) is 12.6 Å². The molecule has 0 saturated carbocycles. The first-order chi connectivity index (χ1) is 9.58. The number of carboxylic acid groups (broad SMARTS) is 1. The number of benzene rings is 1. The molecular weight excluding hydrogens is 258 g/mol. The van der Waals surface area contributed by atoms with Crippen LogP contribution in [0, 0.1) is 5.92 Å². The number of amides is 1. The molecule has 1 amide bonds. The summed E-state index contributed by atoms with van der Waals surface area (Å²) in [5.41, 5.74) is 0.939. The second-order valence-corrected chi connectivity index (χ2v) is 5.14. The number of carbonyl (C=O) groups is 2. The SMILES string of the molecule is C[C@@H]1CC(C(=O)O)CCN1C(=O)OCc1ccccc1. The Labute approximate surface area is 118 Å². The summed E-state index contributed by atoms with van der Waals surface area (Å²) < 4.78 is 5.27. The summed E-state index contributed by atoms with van der Waals surface area (Å²) >= 11 is 0. The molecule has 1 aromatic rings. The van der Waals surface area contributed by atoms with Crippen LogP contribution in [0.1, 0.15) is 25.3 Å². The van der Waals surface area contributed by atoms with Crippen LogP contribution in [0.5, 0.6) is 0 Å². The molecule has 1 unspecified atom stereocenters. The molecule has 2 rings (SSSR count). The zero-order valence-electron chi connectivity index (χ0n) is 11.5. The first-order valence-electron chi connectivity index (χ1n) is 6.78. The van der Waals surface area contributed by atoms with E-state index in [1.165, 1.54) is 0 Å². The van der Waals surface area contributed by atoms with E-state index in [4.69, 9.17) is 9.84 Å². The largest absolute Gasteiger partial charge is 0.481 e. The zero-order chi connectivity index (χ0) is 14.5. The first-order valence-corrected chi connectivity index (χ1v) is 6.78. The van der Waals surface area contributed by atoms with Crippen LogP contribution in [-0.2, 0) is 16.1 Å². The molecule has 5 heteroatoms. The first kappa shape index (κ1) is 14.4. The fourth-order valence-electron chi connectivity index (χ4n) is 2.47. The molecule has 1 N–H and O–H groups in total. The second-order valence-electron chi connectivity index (χ2n) is 5.14. The number of aliphatic carboxylic acids is 1. The lowest BCUT2D eigenvalue weighted by Crippen LogP contribution is -2.46. The summed E-state index contributed by atoms with van der Waals surface area (Å²) in [6, 6.07) is 9.38. The topological polar surface area (TPSA) is 66.8 Å². The lowest BCUT2D eigenvalue weighted by molar-refractivity contribution is -0.143. The number of hydrogen-bond acceptors (Lipinski definition) is 3. The highest BCUT2D eigenvalue weighted by Gasteiger charge is 2.32. The van der Waals surface area contributed by atoms with E-state index in [2.05, 4.69) is 0 Å². The number of nitrogens with zero attached hydrogens (tertiary/aromatic N) is 1. The van der Waals surface area contributed by atoms with Crippen molar-refractivity contribution in [3.8, 4) is 0 Å². The third kappa shape index (κ3) is 3.50. The number of carbonyl (C=O) groups excluding carboxylic acids is 1. The Morgan fingerprint density at radius 3 is 2.65 bits per heavy atom. The summed E-state index contributed by atoms with van der Waals surface area (Å²) in [5, 5.41) is 9.00. The van der Waals surface area contributed by atoms with Gasteiger partial charge in [0.1, 0.15) is 6.61 Å². The highest BCUT2D eigenvalue weighted by Crippen LogP contribution is 2.23. The minimum Gasteiger partial charge on any atom is -0.481 e. The van der Waals surface area contributed by atoms with Gasteiger partial charge in [-0.25, -0.2) is 4.79 Å². The third-order valence-corrected chi connectivity index (χ3v) is 3.67. The van der Waals surface area contributed by atoms with Gasteiger partial charge < -0.3 is 14.7 Å². The fraction of sp³-hybridized carbons (Fsp3) is 0.467. The molecule has 5 nitrogen and oxygen atoms in total. The Balaban J connectivity index is 1.85. The molecule has 0 aromatic heterocycles. The predicted molar refractivity (Wildman–Crippen MR) is 73.2 cm³/mol. The van der Waals surface area contributed by atoms with E-state index < -0.39 is 5.97 Å². The van der Waals surface area contributed by atoms with E-state index in [1.54, 1.807) is 4.90 Å². The Morgan fingerprint density at radius 2 is 2.05 bits per heavy atom. The number of ether oxygens (including phenoxy) is 1. The maximum atomic E-state index is 12.0. The van der Waals surface area contributed by atoms with Gasteiger partial charge in [-0.05, 0) is 25.3 Å². The van der Waals surface area contributed by atoms with Crippen LogP contribution in [0.25, 0.3) is 0 Å². The molecule has 0 bridgehead atoms. The molecule has 1 heterocycles. The maximum absolute atomic E-state index is 12.0. The van der Waals surface area contributed by atoms with Crippen LogP contribution < -0.4 is 0 Å². The average Bonchev–Trinajstić information content (AvgIpc) is 2.45. The van der Waals surface area contributed by atoms with Crippen molar-refractivity contribution in [2.24, 2.45) is 5.92 Å². The van der Waals surface area contributed by atoms with Crippen LogP contribution in [0.3, 0.4) is 0 Å². The molecule has 1 fully saturated rings. The Morgan fingerprint density at radius 1 is 1.35 bits per heavy atom. The third-order valence-electron chi connectivity index (χ3n) is 3.67. The highest BCUT2D eigenvalue weighted by molar-refractivity contribution is 5.72. The van der Waals surface area contributed by atoms with Crippen molar-refractivity contribution in [3.05, 3.63) is 35.9 Å². The molecule has 0 radical (unpaired) electrons. The van der Waals surface area contributed by atoms with E-state index in [0.717, 1.165) is 5.56 Å². The molecule has 1 aromatic carbocycles. The lowest BCUT2D eigenvalue weighted by atomic mass is 9.92. The lowest BCUT2D eigenvalue weighted by Gasteiger charge is -2.35. The highest BCUT2D eigenvalue weighted by atomic mass is 16.6. The Kier molecular flexibility index (Phi) is 4.61. The molecule has 1 saturated heterocycles. The summed E-state index contributed by atoms with van der Waals surface area (Å²) in [7, 11) is 0. The van der Waals surface area contributed by atoms with Crippen LogP contribution in [0.4, 0.5) is 4.79 Å². The van der Waals surface area contributed by atoms with Crippen LogP contribution in [-0.4, -0.2) is 34.7 Å². The maximum Gasteiger partial charge on any atom is 0.410 e. The van der Waals surface area contributed by atoms with Crippen LogP contribution in [0.15, 0.2) is 30.3 Å². The fourth-order valence-corrected chi connectivity index (χ4v) is 2.47. The van der Waals surface area contributed by atoms with Crippen molar-refractivity contribution in [2.75, 3.05) is 6.54 Å². The van der Waals surface area contributed by atoms with Crippen molar-refractivity contribution in [1.82, 2.24) is 4.90 Å². The smallest absolute Gasteiger partial charge is 0.410 e. The van der Waals surface area contributed by atoms with Crippen molar-refractivity contribution >= 4 is 12.1 Å². The van der Waals surface area contributed by atoms with Gasteiger partial charge in [-0.15, -0.1) is 0 Å². The van der Waals surface area contributed by atoms with Crippen LogP contribution >= 0.6 is 0 Å². The van der Waals surface area contributed by atoms with Gasteiger partial charge in [0.2, 0.25) is 0 Å². The number of rotatable bonds is 3. The van der Waals surface area contributed by atoms with E-state index >= 15 is 0 Å². The van der Waals surface area contributed by atoms with E-state index in [-0.39, 0.29) is 24.7 Å². The van der Waals surface area contributed by atoms with Crippen molar-refractivity contribution in [3.63, 3.8) is 0 Å². The molecule has 0 aliphatic carbocycles. The predicted octanol–water partition coefficient (Wildman–Crippen LogP) is 2.51. The number of piperidine rings is 1. The normalized spacial score (nSPS) is 22.4. The van der Waals surface area contributed by atoms with Gasteiger partial charge in [0.15, 0.2) is 0 Å². The van der Waals surface area contributed by atoms with Gasteiger partial charge in [0.05, 0.1) is 5.92 Å². The Hall–Kier alpha value is -2.04.